The number of rotatable bonds is 6. The maximum atomic E-state index is 3.59. The molecule has 2 nitrogen and oxygen atoms in total. The zero-order chi connectivity index (χ0) is 14.7. The van der Waals surface area contributed by atoms with E-state index in [-0.39, 0.29) is 0 Å². The van der Waals surface area contributed by atoms with Crippen molar-refractivity contribution < 1.29 is 0 Å². The van der Waals surface area contributed by atoms with E-state index in [0.29, 0.717) is 0 Å². The molecule has 1 saturated heterocycles. The maximum Gasteiger partial charge on any atom is 0.0233 e. The summed E-state index contributed by atoms with van der Waals surface area (Å²) in [6.45, 7) is 9.55. The van der Waals surface area contributed by atoms with Gasteiger partial charge in [0.15, 0.2) is 0 Å². The summed E-state index contributed by atoms with van der Waals surface area (Å²) in [4.78, 5) is 2.63. The van der Waals surface area contributed by atoms with E-state index in [1.165, 1.54) is 43.5 Å². The van der Waals surface area contributed by atoms with Crippen molar-refractivity contribution in [2.75, 3.05) is 19.6 Å². The van der Waals surface area contributed by atoms with Crippen LogP contribution in [0.2, 0.25) is 0 Å². The van der Waals surface area contributed by atoms with Crippen LogP contribution in [0.5, 0.6) is 0 Å². The third-order valence-electron chi connectivity index (χ3n) is 4.80. The van der Waals surface area contributed by atoms with Crippen LogP contribution in [-0.2, 0) is 13.0 Å². The van der Waals surface area contributed by atoms with Gasteiger partial charge < -0.3 is 5.32 Å². The lowest BCUT2D eigenvalue weighted by atomic mass is 9.91. The lowest BCUT2D eigenvalue weighted by molar-refractivity contribution is 0.134. The van der Waals surface area contributed by atoms with E-state index >= 15 is 0 Å². The quantitative estimate of drug-likeness (QED) is 0.861. The molecule has 1 aromatic carbocycles. The highest BCUT2D eigenvalue weighted by Gasteiger charge is 2.21. The normalized spacial score (nSPS) is 27.0. The summed E-state index contributed by atoms with van der Waals surface area (Å²) in [5.41, 5.74) is 2.93. The monoisotopic (exact) mass is 286 g/mol. The van der Waals surface area contributed by atoms with Gasteiger partial charge in [-0.1, -0.05) is 38.1 Å². The molecular weight excluding hydrogens is 256 g/mol. The summed E-state index contributed by atoms with van der Waals surface area (Å²) in [5, 5.41) is 3.59. The first kappa shape index (κ1) is 15.1. The molecule has 0 aromatic heterocycles. The molecule has 0 amide bonds. The molecule has 1 aliphatic heterocycles. The average molecular weight is 286 g/mol. The van der Waals surface area contributed by atoms with Crippen molar-refractivity contribution >= 4 is 0 Å². The van der Waals surface area contributed by atoms with E-state index < -0.39 is 0 Å². The largest absolute Gasteiger partial charge is 0.314 e. The molecule has 2 aliphatic rings. The zero-order valence-corrected chi connectivity index (χ0v) is 13.6. The molecule has 1 N–H and O–H groups in total. The third-order valence-corrected chi connectivity index (χ3v) is 4.80. The number of benzene rings is 1. The molecule has 2 atom stereocenters. The lowest BCUT2D eigenvalue weighted by Gasteiger charge is -2.35. The second-order valence-corrected chi connectivity index (χ2v) is 7.44. The fourth-order valence-corrected chi connectivity index (χ4v) is 3.70. The Bertz CT molecular complexity index is 425. The Morgan fingerprint density at radius 2 is 1.62 bits per heavy atom. The van der Waals surface area contributed by atoms with Crippen molar-refractivity contribution in [1.82, 2.24) is 10.2 Å². The maximum absolute atomic E-state index is 3.59. The zero-order valence-electron chi connectivity index (χ0n) is 13.6. The van der Waals surface area contributed by atoms with E-state index in [1.807, 2.05) is 0 Å². The summed E-state index contributed by atoms with van der Waals surface area (Å²) in [6.07, 6.45) is 5.31. The molecule has 2 fully saturated rings. The molecular formula is C19H30N2. The van der Waals surface area contributed by atoms with Crippen molar-refractivity contribution in [3.63, 3.8) is 0 Å². The summed E-state index contributed by atoms with van der Waals surface area (Å²) in [7, 11) is 0. The second-order valence-electron chi connectivity index (χ2n) is 7.44. The van der Waals surface area contributed by atoms with Gasteiger partial charge in [0.25, 0.3) is 0 Å². The first-order valence-corrected chi connectivity index (χ1v) is 8.72. The first-order chi connectivity index (χ1) is 10.2. The van der Waals surface area contributed by atoms with Crippen molar-refractivity contribution in [3.05, 3.63) is 35.4 Å². The van der Waals surface area contributed by atoms with Gasteiger partial charge in [-0.25, -0.2) is 0 Å². The Morgan fingerprint density at radius 3 is 2.24 bits per heavy atom. The molecule has 1 aromatic rings. The van der Waals surface area contributed by atoms with Gasteiger partial charge in [0.05, 0.1) is 0 Å². The van der Waals surface area contributed by atoms with E-state index in [4.69, 9.17) is 0 Å². The predicted molar refractivity (Wildman–Crippen MR) is 89.4 cm³/mol. The summed E-state index contributed by atoms with van der Waals surface area (Å²) in [6, 6.07) is 10.1. The highest BCUT2D eigenvalue weighted by molar-refractivity contribution is 5.23. The van der Waals surface area contributed by atoms with Crippen molar-refractivity contribution in [1.29, 1.82) is 0 Å². The van der Waals surface area contributed by atoms with E-state index in [0.717, 1.165) is 37.4 Å². The summed E-state index contributed by atoms with van der Waals surface area (Å²) >= 11 is 0. The molecule has 1 heterocycles. The van der Waals surface area contributed by atoms with Crippen LogP contribution in [0.4, 0.5) is 0 Å². The van der Waals surface area contributed by atoms with Crippen molar-refractivity contribution in [3.8, 4) is 0 Å². The van der Waals surface area contributed by atoms with Gasteiger partial charge in [0.2, 0.25) is 0 Å². The molecule has 0 bridgehead atoms. The smallest absolute Gasteiger partial charge is 0.0233 e. The topological polar surface area (TPSA) is 15.3 Å². The van der Waals surface area contributed by atoms with Crippen LogP contribution in [0.1, 0.15) is 44.2 Å². The fourth-order valence-electron chi connectivity index (χ4n) is 3.70. The number of hydrogen-bond acceptors (Lipinski definition) is 2. The van der Waals surface area contributed by atoms with Gasteiger partial charge in [-0.15, -0.1) is 0 Å². The number of likely N-dealkylation sites (tertiary alicyclic amines) is 1. The second kappa shape index (κ2) is 6.93. The minimum atomic E-state index is 0.826. The molecule has 0 radical (unpaired) electrons. The van der Waals surface area contributed by atoms with Crippen molar-refractivity contribution in [2.24, 2.45) is 11.8 Å². The van der Waals surface area contributed by atoms with Gasteiger partial charge >= 0.3 is 0 Å². The van der Waals surface area contributed by atoms with Crippen LogP contribution in [-0.4, -0.2) is 30.6 Å². The van der Waals surface area contributed by atoms with E-state index in [1.54, 1.807) is 0 Å². The van der Waals surface area contributed by atoms with E-state index in [9.17, 15) is 0 Å². The molecule has 3 rings (SSSR count). The molecule has 2 unspecified atom stereocenters. The number of hydrogen-bond donors (Lipinski definition) is 1. The standard InChI is InChI=1S/C19H30N2/c1-15-11-16(2)13-21(12-15)14-18-5-3-17(4-6-18)9-10-20-19-7-8-19/h3-6,15-16,19-20H,7-14H2,1-2H3. The SMILES string of the molecule is CC1CC(C)CN(Cc2ccc(CCNC3CC3)cc2)C1. The van der Waals surface area contributed by atoms with E-state index in [2.05, 4.69) is 48.3 Å². The predicted octanol–water partition coefficient (Wildman–Crippen LogP) is 3.46. The van der Waals surface area contributed by atoms with Gasteiger partial charge in [0.1, 0.15) is 0 Å². The Kier molecular flexibility index (Phi) is 4.97. The number of piperidine rings is 1. The molecule has 116 valence electrons. The van der Waals surface area contributed by atoms with Gasteiger partial charge in [-0.05, 0) is 55.2 Å². The fraction of sp³-hybridized carbons (Fsp3) is 0.684. The third kappa shape index (κ3) is 4.82. The summed E-state index contributed by atoms with van der Waals surface area (Å²) < 4.78 is 0. The molecule has 0 spiro atoms. The number of nitrogens with one attached hydrogen (secondary N) is 1. The van der Waals surface area contributed by atoms with Crippen LogP contribution in [0.15, 0.2) is 24.3 Å². The van der Waals surface area contributed by atoms with Crippen LogP contribution in [0, 0.1) is 11.8 Å². The van der Waals surface area contributed by atoms with Crippen LogP contribution in [0.3, 0.4) is 0 Å². The van der Waals surface area contributed by atoms with Gasteiger partial charge in [-0.2, -0.15) is 0 Å². The molecule has 1 saturated carbocycles. The number of nitrogens with zero attached hydrogens (tertiary/aromatic N) is 1. The Balaban J connectivity index is 1.46. The van der Waals surface area contributed by atoms with Crippen LogP contribution >= 0.6 is 0 Å². The minimum absolute atomic E-state index is 0.826. The highest BCUT2D eigenvalue weighted by atomic mass is 15.1. The van der Waals surface area contributed by atoms with Crippen molar-refractivity contribution in [2.45, 2.75) is 52.1 Å². The highest BCUT2D eigenvalue weighted by Crippen LogP contribution is 2.22. The Morgan fingerprint density at radius 1 is 1.00 bits per heavy atom. The Hall–Kier alpha value is -0.860. The summed E-state index contributed by atoms with van der Waals surface area (Å²) in [5.74, 6) is 1.70. The van der Waals surface area contributed by atoms with Gasteiger partial charge in [0, 0.05) is 25.7 Å². The van der Waals surface area contributed by atoms with Crippen LogP contribution < -0.4 is 5.32 Å². The average Bonchev–Trinajstić information content (AvgIpc) is 3.24. The molecule has 21 heavy (non-hydrogen) atoms. The van der Waals surface area contributed by atoms with Gasteiger partial charge in [-0.3, -0.25) is 4.90 Å². The van der Waals surface area contributed by atoms with Crippen LogP contribution in [0.25, 0.3) is 0 Å². The Labute approximate surface area is 129 Å². The molecule has 2 heteroatoms. The lowest BCUT2D eigenvalue weighted by Crippen LogP contribution is -2.38. The molecule has 1 aliphatic carbocycles. The first-order valence-electron chi connectivity index (χ1n) is 8.72. The minimum Gasteiger partial charge on any atom is -0.314 e.